The quantitative estimate of drug-likeness (QED) is 0.854. The topological polar surface area (TPSA) is 55.6 Å². The second-order valence-electron chi connectivity index (χ2n) is 5.37. The molecule has 1 aliphatic heterocycles. The summed E-state index contributed by atoms with van der Waals surface area (Å²) in [6.45, 7) is 5.55. The number of rotatable bonds is 2. The van der Waals surface area contributed by atoms with Crippen LogP contribution in [0.4, 0.5) is 5.69 Å². The summed E-state index contributed by atoms with van der Waals surface area (Å²) in [5, 5.41) is 0. The van der Waals surface area contributed by atoms with Gasteiger partial charge in [0.15, 0.2) is 0 Å². The third kappa shape index (κ3) is 3.44. The van der Waals surface area contributed by atoms with E-state index in [9.17, 15) is 4.79 Å². The van der Waals surface area contributed by atoms with Crippen molar-refractivity contribution >= 4 is 24.0 Å². The van der Waals surface area contributed by atoms with Gasteiger partial charge in [0.05, 0.1) is 6.10 Å². The van der Waals surface area contributed by atoms with Crippen LogP contribution < -0.4 is 5.73 Å². The summed E-state index contributed by atoms with van der Waals surface area (Å²) in [4.78, 5) is 14.4. The Morgan fingerprint density at radius 1 is 1.45 bits per heavy atom. The first-order valence-electron chi connectivity index (χ1n) is 6.71. The maximum atomic E-state index is 12.6. The number of hydrogen-bond acceptors (Lipinski definition) is 3. The molecule has 2 atom stereocenters. The van der Waals surface area contributed by atoms with Gasteiger partial charge < -0.3 is 15.4 Å². The van der Waals surface area contributed by atoms with Crippen molar-refractivity contribution in [3.63, 3.8) is 0 Å². The summed E-state index contributed by atoms with van der Waals surface area (Å²) in [6.07, 6.45) is 1.10. The third-order valence-electron chi connectivity index (χ3n) is 3.97. The minimum Gasteiger partial charge on any atom is -0.399 e. The van der Waals surface area contributed by atoms with Crippen molar-refractivity contribution in [2.75, 3.05) is 25.9 Å². The van der Waals surface area contributed by atoms with Crippen LogP contribution >= 0.6 is 12.4 Å². The van der Waals surface area contributed by atoms with Crippen LogP contribution in [0.25, 0.3) is 0 Å². The van der Waals surface area contributed by atoms with Gasteiger partial charge in [-0.05, 0) is 37.0 Å². The molecule has 1 amide bonds. The van der Waals surface area contributed by atoms with Crippen molar-refractivity contribution < 1.29 is 9.53 Å². The largest absolute Gasteiger partial charge is 0.399 e. The number of nitrogens with two attached hydrogens (primary N) is 1. The number of likely N-dealkylation sites (tertiary alicyclic amines) is 1. The van der Waals surface area contributed by atoms with E-state index in [1.807, 2.05) is 24.0 Å². The fourth-order valence-electron chi connectivity index (χ4n) is 2.57. The number of aryl methyl sites for hydroxylation is 1. The van der Waals surface area contributed by atoms with Gasteiger partial charge in [0.25, 0.3) is 5.91 Å². The summed E-state index contributed by atoms with van der Waals surface area (Å²) in [5.41, 5.74) is 8.07. The molecule has 0 radical (unpaired) electrons. The number of amides is 1. The lowest BCUT2D eigenvalue weighted by Crippen LogP contribution is -2.46. The number of methoxy groups -OCH3 is 1. The smallest absolute Gasteiger partial charge is 0.254 e. The van der Waals surface area contributed by atoms with Gasteiger partial charge >= 0.3 is 0 Å². The Hall–Kier alpha value is -1.26. The van der Waals surface area contributed by atoms with E-state index in [2.05, 4.69) is 6.92 Å². The van der Waals surface area contributed by atoms with Gasteiger partial charge in [-0.25, -0.2) is 0 Å². The highest BCUT2D eigenvalue weighted by Crippen LogP contribution is 2.22. The van der Waals surface area contributed by atoms with Crippen LogP contribution in [0.2, 0.25) is 0 Å². The van der Waals surface area contributed by atoms with Crippen LogP contribution in [-0.4, -0.2) is 37.1 Å². The molecule has 0 aromatic heterocycles. The Morgan fingerprint density at radius 3 is 2.80 bits per heavy atom. The molecule has 5 heteroatoms. The Bertz CT molecular complexity index is 479. The van der Waals surface area contributed by atoms with Gasteiger partial charge in [0.1, 0.15) is 0 Å². The number of halogens is 1. The molecule has 1 aliphatic rings. The molecule has 0 aliphatic carbocycles. The predicted molar refractivity (Wildman–Crippen MR) is 83.3 cm³/mol. The zero-order valence-electron chi connectivity index (χ0n) is 12.3. The number of nitrogens with zero attached hydrogens (tertiary/aromatic N) is 1. The SMILES string of the molecule is COC1CN(C(=O)c2cc(N)ccc2C)CCC1C.Cl. The molecule has 112 valence electrons. The Labute approximate surface area is 126 Å². The highest BCUT2D eigenvalue weighted by molar-refractivity contribution is 5.96. The number of anilines is 1. The normalized spacial score (nSPS) is 22.2. The Kier molecular flexibility index (Phi) is 5.84. The molecule has 1 aromatic carbocycles. The lowest BCUT2D eigenvalue weighted by atomic mass is 9.95. The molecule has 20 heavy (non-hydrogen) atoms. The number of benzene rings is 1. The molecule has 1 heterocycles. The van der Waals surface area contributed by atoms with E-state index in [1.54, 1.807) is 13.2 Å². The van der Waals surface area contributed by atoms with E-state index in [4.69, 9.17) is 10.5 Å². The highest BCUT2D eigenvalue weighted by atomic mass is 35.5. The second-order valence-corrected chi connectivity index (χ2v) is 5.37. The third-order valence-corrected chi connectivity index (χ3v) is 3.97. The van der Waals surface area contributed by atoms with Gasteiger partial charge in [-0.15, -0.1) is 12.4 Å². The van der Waals surface area contributed by atoms with Crippen molar-refractivity contribution in [3.05, 3.63) is 29.3 Å². The van der Waals surface area contributed by atoms with E-state index in [0.29, 0.717) is 23.7 Å². The van der Waals surface area contributed by atoms with Crippen LogP contribution in [0.15, 0.2) is 18.2 Å². The molecule has 4 nitrogen and oxygen atoms in total. The molecule has 2 N–H and O–H groups in total. The maximum absolute atomic E-state index is 12.6. The molecule has 1 saturated heterocycles. The minimum atomic E-state index is 0. The fourth-order valence-corrected chi connectivity index (χ4v) is 2.57. The first-order chi connectivity index (χ1) is 9.02. The van der Waals surface area contributed by atoms with Gasteiger partial charge in [-0.3, -0.25) is 4.79 Å². The molecule has 1 fully saturated rings. The average molecular weight is 299 g/mol. The summed E-state index contributed by atoms with van der Waals surface area (Å²) >= 11 is 0. The van der Waals surface area contributed by atoms with E-state index in [0.717, 1.165) is 18.5 Å². The van der Waals surface area contributed by atoms with Gasteiger partial charge in [0.2, 0.25) is 0 Å². The highest BCUT2D eigenvalue weighted by Gasteiger charge is 2.29. The van der Waals surface area contributed by atoms with Crippen molar-refractivity contribution in [2.45, 2.75) is 26.4 Å². The first-order valence-corrected chi connectivity index (χ1v) is 6.71. The zero-order valence-corrected chi connectivity index (χ0v) is 13.1. The lowest BCUT2D eigenvalue weighted by molar-refractivity contribution is -0.00159. The standard InChI is InChI=1S/C15H22N2O2.ClH/c1-10-4-5-12(16)8-13(10)15(18)17-7-6-11(2)14(9-17)19-3;/h4-5,8,11,14H,6-7,9,16H2,1-3H3;1H. The van der Waals surface area contributed by atoms with Gasteiger partial charge in [-0.1, -0.05) is 13.0 Å². The molecular formula is C15H23ClN2O2. The first kappa shape index (κ1) is 16.8. The number of ether oxygens (including phenoxy) is 1. The predicted octanol–water partition coefficient (Wildman–Crippen LogP) is 2.50. The Balaban J connectivity index is 0.00000200. The van der Waals surface area contributed by atoms with E-state index < -0.39 is 0 Å². The van der Waals surface area contributed by atoms with Crippen molar-refractivity contribution in [1.29, 1.82) is 0 Å². The van der Waals surface area contributed by atoms with Gasteiger partial charge in [0, 0.05) is 31.5 Å². The van der Waals surface area contributed by atoms with Crippen molar-refractivity contribution in [2.24, 2.45) is 5.92 Å². The Morgan fingerprint density at radius 2 is 2.15 bits per heavy atom. The number of carbonyl (C=O) groups is 1. The summed E-state index contributed by atoms with van der Waals surface area (Å²) < 4.78 is 5.46. The average Bonchev–Trinajstić information content (AvgIpc) is 2.41. The molecule has 0 bridgehead atoms. The molecule has 0 saturated carbocycles. The fraction of sp³-hybridized carbons (Fsp3) is 0.533. The number of nitrogen functional groups attached to an aromatic ring is 1. The monoisotopic (exact) mass is 298 g/mol. The molecule has 2 rings (SSSR count). The van der Waals surface area contributed by atoms with Crippen molar-refractivity contribution in [1.82, 2.24) is 4.90 Å². The second kappa shape index (κ2) is 6.95. The van der Waals surface area contributed by atoms with E-state index in [-0.39, 0.29) is 24.4 Å². The summed E-state index contributed by atoms with van der Waals surface area (Å²) in [7, 11) is 1.71. The molecule has 2 unspecified atom stereocenters. The molecule has 1 aromatic rings. The minimum absolute atomic E-state index is 0. The number of carbonyl (C=O) groups excluding carboxylic acids is 1. The molecular weight excluding hydrogens is 276 g/mol. The lowest BCUT2D eigenvalue weighted by Gasteiger charge is -2.36. The van der Waals surface area contributed by atoms with Crippen molar-refractivity contribution in [3.8, 4) is 0 Å². The molecule has 0 spiro atoms. The van der Waals surface area contributed by atoms with Crippen LogP contribution in [0.1, 0.15) is 29.3 Å². The van der Waals surface area contributed by atoms with Crippen LogP contribution in [0, 0.1) is 12.8 Å². The van der Waals surface area contributed by atoms with Crippen LogP contribution in [0.5, 0.6) is 0 Å². The van der Waals surface area contributed by atoms with Gasteiger partial charge in [-0.2, -0.15) is 0 Å². The summed E-state index contributed by atoms with van der Waals surface area (Å²) in [5.74, 6) is 0.551. The maximum Gasteiger partial charge on any atom is 0.254 e. The number of piperidine rings is 1. The van der Waals surface area contributed by atoms with Crippen LogP contribution in [0.3, 0.4) is 0 Å². The number of hydrogen-bond donors (Lipinski definition) is 1. The van der Waals surface area contributed by atoms with E-state index >= 15 is 0 Å². The zero-order chi connectivity index (χ0) is 14.0. The van der Waals surface area contributed by atoms with E-state index in [1.165, 1.54) is 0 Å². The summed E-state index contributed by atoms with van der Waals surface area (Å²) in [6, 6.07) is 5.48. The van der Waals surface area contributed by atoms with Crippen LogP contribution in [-0.2, 0) is 4.74 Å².